The molecule has 6 rings (SSSR count). The first-order chi connectivity index (χ1) is 22.8. The molecule has 0 aliphatic carbocycles. The van der Waals surface area contributed by atoms with E-state index in [1.54, 1.807) is 12.3 Å². The van der Waals surface area contributed by atoms with Crippen molar-refractivity contribution in [2.75, 3.05) is 37.4 Å². The highest BCUT2D eigenvalue weighted by Crippen LogP contribution is 2.47. The number of ether oxygens (including phenoxy) is 2. The summed E-state index contributed by atoms with van der Waals surface area (Å²) >= 11 is 0. The van der Waals surface area contributed by atoms with Crippen molar-refractivity contribution in [2.24, 2.45) is 0 Å². The van der Waals surface area contributed by atoms with E-state index < -0.39 is 34.9 Å². The Morgan fingerprint density at radius 2 is 2.00 bits per heavy atom. The molecule has 0 saturated heterocycles. The standard InChI is InChI=1S/C33H37F4N9O2/c1-7-19(45(6)8-2)15-48-32-42-28-24-30(43-32)46(18(5)20-10-9-11-39-29(20)38)17(4)14-47-31(24)41-27(26(28)34)23-21-13-40-44-22(21)12-16(3)25(23)33(35,36)37/h9-13,17-19H,7-8,14-15H2,1-6H3,(H2,38,39)(H,40,44)/t17-,18?,19?/m0/s1. The number of nitrogens with one attached hydrogen (secondary N) is 1. The zero-order valence-electron chi connectivity index (χ0n) is 27.5. The summed E-state index contributed by atoms with van der Waals surface area (Å²) in [7, 11) is 1.97. The van der Waals surface area contributed by atoms with Crippen LogP contribution in [0.1, 0.15) is 56.8 Å². The maximum Gasteiger partial charge on any atom is 0.417 e. The first-order valence-electron chi connectivity index (χ1n) is 15.8. The molecule has 0 amide bonds. The zero-order valence-corrected chi connectivity index (χ0v) is 27.5. The van der Waals surface area contributed by atoms with Crippen LogP contribution in [0.4, 0.5) is 29.2 Å². The number of hydrogen-bond donors (Lipinski definition) is 2. The molecule has 0 saturated carbocycles. The van der Waals surface area contributed by atoms with Crippen LogP contribution in [0, 0.1) is 12.7 Å². The molecule has 3 atom stereocenters. The molecular formula is C33H37F4N9O2. The van der Waals surface area contributed by atoms with E-state index in [1.165, 1.54) is 19.2 Å². The minimum absolute atomic E-state index is 0.00493. The molecule has 15 heteroatoms. The van der Waals surface area contributed by atoms with E-state index in [9.17, 15) is 13.2 Å². The third-order valence-electron chi connectivity index (χ3n) is 9.09. The highest BCUT2D eigenvalue weighted by molar-refractivity contribution is 6.02. The van der Waals surface area contributed by atoms with Crippen molar-refractivity contribution in [3.8, 4) is 23.1 Å². The van der Waals surface area contributed by atoms with E-state index in [4.69, 9.17) is 20.2 Å². The minimum atomic E-state index is -4.83. The minimum Gasteiger partial charge on any atom is -0.475 e. The monoisotopic (exact) mass is 667 g/mol. The normalized spacial score (nSPS) is 16.3. The number of H-pyrrole nitrogens is 1. The van der Waals surface area contributed by atoms with Gasteiger partial charge in [0.25, 0.3) is 0 Å². The molecule has 2 unspecified atom stereocenters. The lowest BCUT2D eigenvalue weighted by atomic mass is 9.94. The molecule has 0 fully saturated rings. The topological polar surface area (TPSA) is 131 Å². The number of nitrogen functional groups attached to an aromatic ring is 1. The number of pyridine rings is 2. The van der Waals surface area contributed by atoms with Gasteiger partial charge in [-0.2, -0.15) is 28.2 Å². The number of benzene rings is 1. The molecule has 0 bridgehead atoms. The molecule has 0 spiro atoms. The SMILES string of the molecule is CCC(COc1nc2c3c(nc(-c4c(C(F)(F)F)c(C)cc5[nH]ncc45)c(F)c3n1)OC[C@H](C)N2C(C)c1cccnc1N)N(C)CC. The van der Waals surface area contributed by atoms with Crippen LogP contribution in [0.2, 0.25) is 0 Å². The molecule has 1 aromatic carbocycles. The summed E-state index contributed by atoms with van der Waals surface area (Å²) in [4.78, 5) is 21.9. The molecule has 0 radical (unpaired) electrons. The number of nitrogens with zero attached hydrogens (tertiary/aromatic N) is 7. The first-order valence-corrected chi connectivity index (χ1v) is 15.8. The van der Waals surface area contributed by atoms with Crippen LogP contribution in [0.3, 0.4) is 0 Å². The van der Waals surface area contributed by atoms with Gasteiger partial charge in [0.05, 0.1) is 29.4 Å². The Morgan fingerprint density at radius 3 is 2.69 bits per heavy atom. The fraction of sp³-hybridized carbons (Fsp3) is 0.424. The number of alkyl halides is 3. The largest absolute Gasteiger partial charge is 0.475 e. The molecular weight excluding hydrogens is 630 g/mol. The second-order valence-corrected chi connectivity index (χ2v) is 12.1. The lowest BCUT2D eigenvalue weighted by Crippen LogP contribution is -2.39. The van der Waals surface area contributed by atoms with Gasteiger partial charge in [0.1, 0.15) is 41.4 Å². The molecule has 4 aromatic heterocycles. The van der Waals surface area contributed by atoms with Crippen LogP contribution in [0.5, 0.6) is 11.9 Å². The van der Waals surface area contributed by atoms with Crippen molar-refractivity contribution < 1.29 is 27.0 Å². The number of fused-ring (bicyclic) bond motifs is 1. The van der Waals surface area contributed by atoms with Gasteiger partial charge < -0.3 is 25.0 Å². The molecule has 48 heavy (non-hydrogen) atoms. The average Bonchev–Trinajstić information content (AvgIpc) is 3.46. The van der Waals surface area contributed by atoms with Gasteiger partial charge in [-0.15, -0.1) is 0 Å². The van der Waals surface area contributed by atoms with Gasteiger partial charge in [0.2, 0.25) is 5.88 Å². The lowest BCUT2D eigenvalue weighted by Gasteiger charge is -2.35. The Balaban J connectivity index is 1.64. The molecule has 1 aliphatic heterocycles. The number of halogens is 4. The molecule has 11 nitrogen and oxygen atoms in total. The highest BCUT2D eigenvalue weighted by atomic mass is 19.4. The Hall–Kier alpha value is -4.79. The van der Waals surface area contributed by atoms with Crippen LogP contribution < -0.4 is 20.1 Å². The summed E-state index contributed by atoms with van der Waals surface area (Å²) in [6, 6.07) is 3.97. The number of aryl methyl sites for hydroxylation is 1. The van der Waals surface area contributed by atoms with Crippen LogP contribution in [0.15, 0.2) is 30.6 Å². The van der Waals surface area contributed by atoms with Crippen molar-refractivity contribution in [2.45, 2.75) is 65.3 Å². The second kappa shape index (κ2) is 12.7. The predicted molar refractivity (Wildman–Crippen MR) is 174 cm³/mol. The van der Waals surface area contributed by atoms with Gasteiger partial charge >= 0.3 is 12.2 Å². The van der Waals surface area contributed by atoms with Crippen molar-refractivity contribution in [3.05, 3.63) is 53.1 Å². The van der Waals surface area contributed by atoms with E-state index in [2.05, 4.69) is 30.0 Å². The van der Waals surface area contributed by atoms with E-state index >= 15 is 4.39 Å². The van der Waals surface area contributed by atoms with Crippen molar-refractivity contribution in [1.29, 1.82) is 0 Å². The van der Waals surface area contributed by atoms with Crippen molar-refractivity contribution >= 4 is 33.4 Å². The molecule has 5 aromatic rings. The fourth-order valence-electron chi connectivity index (χ4n) is 6.43. The van der Waals surface area contributed by atoms with Crippen LogP contribution in [0.25, 0.3) is 33.1 Å². The summed E-state index contributed by atoms with van der Waals surface area (Å²) in [6.45, 7) is 10.2. The van der Waals surface area contributed by atoms with Crippen LogP contribution >= 0.6 is 0 Å². The quantitative estimate of drug-likeness (QED) is 0.169. The second-order valence-electron chi connectivity index (χ2n) is 12.1. The number of rotatable bonds is 9. The molecule has 3 N–H and O–H groups in total. The number of likely N-dealkylation sites (N-methyl/N-ethyl adjacent to an activating group) is 1. The average molecular weight is 668 g/mol. The van der Waals surface area contributed by atoms with Crippen LogP contribution in [-0.4, -0.2) is 73.9 Å². The number of aromatic nitrogens is 6. The highest BCUT2D eigenvalue weighted by Gasteiger charge is 2.40. The summed E-state index contributed by atoms with van der Waals surface area (Å²) in [5.74, 6) is -0.632. The van der Waals surface area contributed by atoms with Gasteiger partial charge in [-0.1, -0.05) is 19.9 Å². The number of hydrogen-bond acceptors (Lipinski definition) is 10. The van der Waals surface area contributed by atoms with Crippen LogP contribution in [-0.2, 0) is 6.18 Å². The van der Waals surface area contributed by atoms with E-state index in [0.717, 1.165) is 13.0 Å². The maximum atomic E-state index is 17.1. The summed E-state index contributed by atoms with van der Waals surface area (Å²) in [6.07, 6.45) is -1.26. The van der Waals surface area contributed by atoms with Gasteiger partial charge in [0.15, 0.2) is 5.82 Å². The van der Waals surface area contributed by atoms with Gasteiger partial charge in [-0.25, -0.2) is 14.4 Å². The Labute approximate surface area is 274 Å². The first kappa shape index (κ1) is 33.1. The number of nitrogens with two attached hydrogens (primary N) is 1. The third kappa shape index (κ3) is 5.69. The predicted octanol–water partition coefficient (Wildman–Crippen LogP) is 6.47. The van der Waals surface area contributed by atoms with Gasteiger partial charge in [-0.3, -0.25) is 5.10 Å². The molecule has 1 aliphatic rings. The summed E-state index contributed by atoms with van der Waals surface area (Å²) < 4.78 is 73.3. The lowest BCUT2D eigenvalue weighted by molar-refractivity contribution is -0.137. The third-order valence-corrected chi connectivity index (χ3v) is 9.09. The van der Waals surface area contributed by atoms with E-state index in [-0.39, 0.29) is 64.9 Å². The fourth-order valence-corrected chi connectivity index (χ4v) is 6.43. The maximum absolute atomic E-state index is 17.1. The smallest absolute Gasteiger partial charge is 0.417 e. The zero-order chi connectivity index (χ0) is 34.5. The summed E-state index contributed by atoms with van der Waals surface area (Å²) in [5.41, 5.74) is 4.79. The molecule has 5 heterocycles. The number of anilines is 2. The van der Waals surface area contributed by atoms with Gasteiger partial charge in [0, 0.05) is 28.8 Å². The number of aromatic amines is 1. The Bertz CT molecular complexity index is 1980. The Kier molecular flexibility index (Phi) is 8.75. The van der Waals surface area contributed by atoms with Crippen molar-refractivity contribution in [3.63, 3.8) is 0 Å². The van der Waals surface area contributed by atoms with E-state index in [1.807, 2.05) is 45.7 Å². The van der Waals surface area contributed by atoms with Gasteiger partial charge in [-0.05, 0) is 58.5 Å². The Morgan fingerprint density at radius 1 is 1.23 bits per heavy atom. The molecule has 254 valence electrons. The van der Waals surface area contributed by atoms with Crippen molar-refractivity contribution in [1.82, 2.24) is 35.0 Å². The summed E-state index contributed by atoms with van der Waals surface area (Å²) in [5, 5.41) is 6.79. The van der Waals surface area contributed by atoms with E-state index in [0.29, 0.717) is 16.9 Å².